The number of nitrogens with zero attached hydrogens (tertiary/aromatic N) is 1. The number of benzene rings is 2. The Morgan fingerprint density at radius 1 is 1.10 bits per heavy atom. The van der Waals surface area contributed by atoms with E-state index in [1.165, 1.54) is 5.56 Å². The zero-order valence-electron chi connectivity index (χ0n) is 17.0. The number of rotatable bonds is 7. The van der Waals surface area contributed by atoms with Crippen LogP contribution in [0, 0.1) is 5.92 Å². The molecule has 6 nitrogen and oxygen atoms in total. The van der Waals surface area contributed by atoms with Crippen molar-refractivity contribution in [2.45, 2.75) is 37.3 Å². The first-order chi connectivity index (χ1) is 14.5. The summed E-state index contributed by atoms with van der Waals surface area (Å²) in [5.74, 6) is 1.75. The Morgan fingerprint density at radius 2 is 1.87 bits per heavy atom. The van der Waals surface area contributed by atoms with Crippen molar-refractivity contribution in [3.63, 3.8) is 0 Å². The van der Waals surface area contributed by atoms with Crippen molar-refractivity contribution in [3.8, 4) is 5.75 Å². The van der Waals surface area contributed by atoms with E-state index in [4.69, 9.17) is 10.5 Å². The van der Waals surface area contributed by atoms with Gasteiger partial charge in [-0.25, -0.2) is 13.1 Å². The minimum Gasteiger partial charge on any atom is -0.492 e. The second kappa shape index (κ2) is 7.87. The van der Waals surface area contributed by atoms with Gasteiger partial charge in [-0.3, -0.25) is 0 Å². The molecule has 2 aliphatic heterocycles. The van der Waals surface area contributed by atoms with Crippen molar-refractivity contribution in [2.75, 3.05) is 30.3 Å². The second-order valence-corrected chi connectivity index (χ2v) is 10.7. The molecule has 2 heterocycles. The summed E-state index contributed by atoms with van der Waals surface area (Å²) in [5.41, 5.74) is 9.95. The van der Waals surface area contributed by atoms with Crippen LogP contribution in [0.15, 0.2) is 48.5 Å². The van der Waals surface area contributed by atoms with Crippen LogP contribution in [0.4, 0.5) is 5.69 Å². The number of nitrogens with two attached hydrogens (primary N) is 1. The molecule has 1 saturated heterocycles. The molecular formula is C23H29N3O3S. The number of hydrogen-bond donors (Lipinski definition) is 2. The Labute approximate surface area is 178 Å². The molecule has 2 aromatic rings. The average Bonchev–Trinajstić information content (AvgIpc) is 3.50. The van der Waals surface area contributed by atoms with E-state index in [-0.39, 0.29) is 23.8 Å². The predicted molar refractivity (Wildman–Crippen MR) is 118 cm³/mol. The van der Waals surface area contributed by atoms with Crippen LogP contribution in [0.25, 0.3) is 0 Å². The largest absolute Gasteiger partial charge is 0.492 e. The molecule has 160 valence electrons. The topological polar surface area (TPSA) is 84.7 Å². The Balaban J connectivity index is 1.28. The van der Waals surface area contributed by atoms with E-state index < -0.39 is 10.0 Å². The van der Waals surface area contributed by atoms with Crippen LogP contribution < -0.4 is 20.1 Å². The van der Waals surface area contributed by atoms with Crippen LogP contribution in [-0.4, -0.2) is 46.0 Å². The average molecular weight is 428 g/mol. The molecule has 0 radical (unpaired) electrons. The van der Waals surface area contributed by atoms with Gasteiger partial charge in [0.15, 0.2) is 0 Å². The molecule has 3 N–H and O–H groups in total. The van der Waals surface area contributed by atoms with E-state index in [0.29, 0.717) is 25.6 Å². The first kappa shape index (κ1) is 19.8. The summed E-state index contributed by atoms with van der Waals surface area (Å²) in [6.07, 6.45) is 2.97. The summed E-state index contributed by atoms with van der Waals surface area (Å²) < 4.78 is 33.2. The number of anilines is 1. The molecule has 5 rings (SSSR count). The van der Waals surface area contributed by atoms with Crippen LogP contribution >= 0.6 is 0 Å². The lowest BCUT2D eigenvalue weighted by Gasteiger charge is -2.42. The predicted octanol–water partition coefficient (Wildman–Crippen LogP) is 2.25. The quantitative estimate of drug-likeness (QED) is 0.708. The van der Waals surface area contributed by atoms with E-state index in [1.807, 2.05) is 12.1 Å². The summed E-state index contributed by atoms with van der Waals surface area (Å²) in [6.45, 7) is 1.91. The Bertz CT molecular complexity index is 1000. The van der Waals surface area contributed by atoms with Crippen LogP contribution in [-0.2, 0) is 16.4 Å². The Morgan fingerprint density at radius 3 is 2.60 bits per heavy atom. The highest BCUT2D eigenvalue weighted by Crippen LogP contribution is 2.38. The first-order valence-electron chi connectivity index (χ1n) is 10.8. The van der Waals surface area contributed by atoms with Gasteiger partial charge >= 0.3 is 0 Å². The van der Waals surface area contributed by atoms with E-state index in [0.717, 1.165) is 36.3 Å². The number of hydrogen-bond acceptors (Lipinski definition) is 5. The van der Waals surface area contributed by atoms with Gasteiger partial charge in [-0.1, -0.05) is 30.3 Å². The molecule has 3 aliphatic rings. The Kier molecular flexibility index (Phi) is 5.21. The highest BCUT2D eigenvalue weighted by molar-refractivity contribution is 7.89. The summed E-state index contributed by atoms with van der Waals surface area (Å²) in [7, 11) is -3.16. The molecule has 0 bridgehead atoms. The zero-order valence-corrected chi connectivity index (χ0v) is 17.9. The normalized spacial score (nSPS) is 24.1. The molecule has 1 saturated carbocycles. The minimum absolute atomic E-state index is 0.0107. The summed E-state index contributed by atoms with van der Waals surface area (Å²) >= 11 is 0. The molecule has 2 fully saturated rings. The van der Waals surface area contributed by atoms with Crippen LogP contribution in [0.5, 0.6) is 5.75 Å². The zero-order chi connectivity index (χ0) is 20.7. The number of fused-ring (bicyclic) bond motifs is 1. The molecule has 1 aliphatic carbocycles. The van der Waals surface area contributed by atoms with Crippen molar-refractivity contribution in [3.05, 3.63) is 59.7 Å². The van der Waals surface area contributed by atoms with Gasteiger partial charge in [0.05, 0.1) is 11.8 Å². The standard InChI is InChI=1S/C23H29N3O3S/c24-22-14-29-23-9-8-19(11-21(23)20(22)10-16-4-2-1-3-5-16)26-12-18(13-26)25-30(27,28)15-17-6-7-17/h1-5,8-9,11,17-18,20,22,25H,6-7,10,12-15,24H2/t20-,22+/m1/s1. The third-order valence-corrected chi connectivity index (χ3v) is 7.99. The first-order valence-corrected chi connectivity index (χ1v) is 12.4. The fourth-order valence-electron chi connectivity index (χ4n) is 4.48. The van der Waals surface area contributed by atoms with Crippen LogP contribution in [0.2, 0.25) is 0 Å². The molecule has 30 heavy (non-hydrogen) atoms. The van der Waals surface area contributed by atoms with E-state index in [2.05, 4.69) is 46.0 Å². The molecule has 7 heteroatoms. The van der Waals surface area contributed by atoms with Crippen molar-refractivity contribution in [1.29, 1.82) is 0 Å². The molecule has 0 aromatic heterocycles. The van der Waals surface area contributed by atoms with Crippen molar-refractivity contribution in [1.82, 2.24) is 4.72 Å². The lowest BCUT2D eigenvalue weighted by atomic mass is 9.84. The van der Waals surface area contributed by atoms with Crippen molar-refractivity contribution < 1.29 is 13.2 Å². The van der Waals surface area contributed by atoms with Gasteiger partial charge in [0.25, 0.3) is 0 Å². The van der Waals surface area contributed by atoms with Gasteiger partial charge < -0.3 is 15.4 Å². The maximum Gasteiger partial charge on any atom is 0.212 e. The molecule has 0 amide bonds. The highest BCUT2D eigenvalue weighted by atomic mass is 32.2. The second-order valence-electron chi connectivity index (χ2n) is 8.94. The number of sulfonamides is 1. The van der Waals surface area contributed by atoms with E-state index >= 15 is 0 Å². The minimum atomic E-state index is -3.16. The van der Waals surface area contributed by atoms with Gasteiger partial charge in [-0.05, 0) is 48.9 Å². The number of ether oxygens (including phenoxy) is 1. The lowest BCUT2D eigenvalue weighted by molar-refractivity contribution is 0.238. The van der Waals surface area contributed by atoms with Gasteiger partial charge in [-0.2, -0.15) is 0 Å². The molecule has 2 atom stereocenters. The van der Waals surface area contributed by atoms with E-state index in [1.54, 1.807) is 0 Å². The SMILES string of the molecule is N[C@H]1COc2ccc(N3CC(NS(=O)(=O)CC4CC4)C3)cc2[C@H]1Cc1ccccc1. The molecule has 2 aromatic carbocycles. The molecule has 0 unspecified atom stereocenters. The lowest BCUT2D eigenvalue weighted by Crippen LogP contribution is -2.59. The van der Waals surface area contributed by atoms with Crippen molar-refractivity contribution in [2.24, 2.45) is 11.7 Å². The Hall–Kier alpha value is -2.09. The molecule has 0 spiro atoms. The van der Waals surface area contributed by atoms with Crippen LogP contribution in [0.3, 0.4) is 0 Å². The summed E-state index contributed by atoms with van der Waals surface area (Å²) in [6, 6.07) is 16.6. The third-order valence-electron chi connectivity index (χ3n) is 6.38. The van der Waals surface area contributed by atoms with Crippen LogP contribution in [0.1, 0.15) is 29.9 Å². The summed E-state index contributed by atoms with van der Waals surface area (Å²) in [4.78, 5) is 2.21. The van der Waals surface area contributed by atoms with E-state index in [9.17, 15) is 8.42 Å². The molecular weight excluding hydrogens is 398 g/mol. The van der Waals surface area contributed by atoms with Crippen molar-refractivity contribution >= 4 is 15.7 Å². The van der Waals surface area contributed by atoms with Gasteiger partial charge in [-0.15, -0.1) is 0 Å². The fraction of sp³-hybridized carbons (Fsp3) is 0.478. The third kappa shape index (κ3) is 4.33. The smallest absolute Gasteiger partial charge is 0.212 e. The highest BCUT2D eigenvalue weighted by Gasteiger charge is 2.35. The van der Waals surface area contributed by atoms with Gasteiger partial charge in [0.2, 0.25) is 10.0 Å². The summed E-state index contributed by atoms with van der Waals surface area (Å²) in [5, 5.41) is 0. The van der Waals surface area contributed by atoms with Gasteiger partial charge in [0.1, 0.15) is 12.4 Å². The monoisotopic (exact) mass is 427 g/mol. The number of nitrogens with one attached hydrogen (secondary N) is 1. The fourth-order valence-corrected chi connectivity index (χ4v) is 6.18. The maximum atomic E-state index is 12.2. The van der Waals surface area contributed by atoms with Gasteiger partial charge in [0, 0.05) is 36.3 Å². The maximum absolute atomic E-state index is 12.2.